The summed E-state index contributed by atoms with van der Waals surface area (Å²) >= 11 is 0. The number of fused-ring (bicyclic) bond motifs is 1. The summed E-state index contributed by atoms with van der Waals surface area (Å²) in [6, 6.07) is 5.30. The Labute approximate surface area is 143 Å². The van der Waals surface area contributed by atoms with Gasteiger partial charge in [-0.05, 0) is 18.6 Å². The van der Waals surface area contributed by atoms with Crippen molar-refractivity contribution in [2.75, 3.05) is 20.8 Å². The molecule has 1 heterocycles. The van der Waals surface area contributed by atoms with Gasteiger partial charge in [-0.15, -0.1) is 0 Å². The zero-order valence-corrected chi connectivity index (χ0v) is 14.3. The fraction of sp³-hybridized carbons (Fsp3) is 0.412. The molecule has 0 spiro atoms. The quantitative estimate of drug-likeness (QED) is 0.580. The molecule has 0 aliphatic rings. The summed E-state index contributed by atoms with van der Waals surface area (Å²) in [6.45, 7) is 2.94. The number of nitrogens with zero attached hydrogens (tertiary/aromatic N) is 3. The lowest BCUT2D eigenvalue weighted by Crippen LogP contribution is -2.24. The lowest BCUT2D eigenvalue weighted by Gasteiger charge is -2.10. The first-order valence-corrected chi connectivity index (χ1v) is 7.75. The van der Waals surface area contributed by atoms with Gasteiger partial charge in [-0.2, -0.15) is 18.3 Å². The minimum atomic E-state index is -4.64. The van der Waals surface area contributed by atoms with E-state index in [2.05, 4.69) is 14.8 Å². The molecule has 0 saturated carbocycles. The minimum Gasteiger partial charge on any atom is -0.478 e. The lowest BCUT2D eigenvalue weighted by molar-refractivity contribution is -0.0754. The van der Waals surface area contributed by atoms with E-state index in [-0.39, 0.29) is 5.70 Å². The van der Waals surface area contributed by atoms with Crippen LogP contribution in [-0.2, 0) is 16.0 Å². The van der Waals surface area contributed by atoms with E-state index in [4.69, 9.17) is 4.74 Å². The highest BCUT2D eigenvalue weighted by molar-refractivity contribution is 5.90. The fourth-order valence-electron chi connectivity index (χ4n) is 2.36. The highest BCUT2D eigenvalue weighted by Gasteiger charge is 2.38. The van der Waals surface area contributed by atoms with Crippen LogP contribution in [-0.4, -0.2) is 42.7 Å². The molecular formula is C17H20F3N3O2. The zero-order valence-electron chi connectivity index (χ0n) is 14.3. The van der Waals surface area contributed by atoms with Gasteiger partial charge in [0.05, 0.1) is 37.7 Å². The second-order valence-electron chi connectivity index (χ2n) is 5.25. The van der Waals surface area contributed by atoms with Crippen LogP contribution in [0.1, 0.15) is 18.9 Å². The number of methoxy groups -OCH3 is 2. The first-order valence-electron chi connectivity index (χ1n) is 7.75. The Kier molecular flexibility index (Phi) is 6.19. The minimum absolute atomic E-state index is 0.211. The third-order valence-corrected chi connectivity index (χ3v) is 3.50. The van der Waals surface area contributed by atoms with Crippen molar-refractivity contribution in [1.82, 2.24) is 9.78 Å². The van der Waals surface area contributed by atoms with Crippen LogP contribution in [0, 0.1) is 0 Å². The van der Waals surface area contributed by atoms with Crippen molar-refractivity contribution < 1.29 is 22.6 Å². The number of ether oxygens (including phenoxy) is 2. The molecular weight excluding hydrogens is 335 g/mol. The maximum Gasteiger partial charge on any atom is 0.468 e. The van der Waals surface area contributed by atoms with E-state index in [0.29, 0.717) is 25.1 Å². The molecule has 136 valence electrons. The van der Waals surface area contributed by atoms with Crippen molar-refractivity contribution in [3.05, 3.63) is 36.0 Å². The highest BCUT2D eigenvalue weighted by Crippen LogP contribution is 2.26. The normalized spacial score (nSPS) is 13.5. The molecule has 0 aliphatic heterocycles. The summed E-state index contributed by atoms with van der Waals surface area (Å²) in [7, 11) is 2.57. The predicted octanol–water partition coefficient (Wildman–Crippen LogP) is 4.04. The molecule has 0 saturated heterocycles. The summed E-state index contributed by atoms with van der Waals surface area (Å²) < 4.78 is 49.9. The lowest BCUT2D eigenvalue weighted by atomic mass is 10.1. The topological polar surface area (TPSA) is 48.6 Å². The molecule has 0 unspecified atom stereocenters. The molecule has 1 aromatic heterocycles. The SMILES string of the molecule is CC/C=C(/N=C(\OC)C(F)(F)F)c1ccc2c(cnn2CCOC)c1. The van der Waals surface area contributed by atoms with Gasteiger partial charge in [-0.1, -0.05) is 19.1 Å². The molecule has 25 heavy (non-hydrogen) atoms. The number of halogens is 3. The Bertz CT molecular complexity index is 779. The zero-order chi connectivity index (χ0) is 18.4. The van der Waals surface area contributed by atoms with Crippen molar-refractivity contribution in [3.63, 3.8) is 0 Å². The Morgan fingerprint density at radius 3 is 2.68 bits per heavy atom. The van der Waals surface area contributed by atoms with Gasteiger partial charge in [0.15, 0.2) is 0 Å². The molecule has 2 rings (SSSR count). The number of alkyl halides is 3. The van der Waals surface area contributed by atoms with E-state index in [1.807, 2.05) is 13.0 Å². The van der Waals surface area contributed by atoms with Crippen LogP contribution in [0.5, 0.6) is 0 Å². The van der Waals surface area contributed by atoms with Crippen molar-refractivity contribution >= 4 is 22.5 Å². The van der Waals surface area contributed by atoms with Crippen LogP contribution in [0.3, 0.4) is 0 Å². The van der Waals surface area contributed by atoms with Crippen LogP contribution < -0.4 is 0 Å². The molecule has 0 fully saturated rings. The van der Waals surface area contributed by atoms with Gasteiger partial charge in [0.2, 0.25) is 0 Å². The van der Waals surface area contributed by atoms with E-state index in [9.17, 15) is 13.2 Å². The van der Waals surface area contributed by atoms with Gasteiger partial charge >= 0.3 is 6.18 Å². The predicted molar refractivity (Wildman–Crippen MR) is 90.4 cm³/mol. The van der Waals surface area contributed by atoms with Gasteiger partial charge in [0.25, 0.3) is 5.90 Å². The van der Waals surface area contributed by atoms with E-state index >= 15 is 0 Å². The molecule has 8 heteroatoms. The third-order valence-electron chi connectivity index (χ3n) is 3.50. The van der Waals surface area contributed by atoms with Crippen molar-refractivity contribution in [1.29, 1.82) is 0 Å². The Balaban J connectivity index is 2.43. The average Bonchev–Trinajstić information content (AvgIpc) is 2.97. The maximum atomic E-state index is 12.9. The molecule has 0 aliphatic carbocycles. The molecule has 0 bridgehead atoms. The number of aromatic nitrogens is 2. The maximum absolute atomic E-state index is 12.9. The van der Waals surface area contributed by atoms with Gasteiger partial charge in [0, 0.05) is 18.1 Å². The van der Waals surface area contributed by atoms with Gasteiger partial charge in [-0.3, -0.25) is 4.68 Å². The summed E-state index contributed by atoms with van der Waals surface area (Å²) in [5.41, 5.74) is 1.66. The molecule has 2 aromatic rings. The van der Waals surface area contributed by atoms with E-state index in [1.54, 1.807) is 36.2 Å². The highest BCUT2D eigenvalue weighted by atomic mass is 19.4. The fourth-order valence-corrected chi connectivity index (χ4v) is 2.36. The largest absolute Gasteiger partial charge is 0.478 e. The summed E-state index contributed by atoms with van der Waals surface area (Å²) in [4.78, 5) is 3.67. The number of benzene rings is 1. The van der Waals surface area contributed by atoms with E-state index in [0.717, 1.165) is 18.0 Å². The van der Waals surface area contributed by atoms with Crippen LogP contribution in [0.25, 0.3) is 16.6 Å². The number of aliphatic imine (C=N–C) groups is 1. The third kappa shape index (κ3) is 4.60. The van der Waals surface area contributed by atoms with Crippen LogP contribution in [0.2, 0.25) is 0 Å². The monoisotopic (exact) mass is 355 g/mol. The molecule has 0 N–H and O–H groups in total. The molecule has 1 aromatic carbocycles. The molecule has 5 nitrogen and oxygen atoms in total. The van der Waals surface area contributed by atoms with Gasteiger partial charge in [-0.25, -0.2) is 4.99 Å². The van der Waals surface area contributed by atoms with Crippen molar-refractivity contribution in [2.24, 2.45) is 4.99 Å². The Morgan fingerprint density at radius 2 is 2.08 bits per heavy atom. The van der Waals surface area contributed by atoms with Gasteiger partial charge in [0.1, 0.15) is 0 Å². The molecule has 0 atom stereocenters. The Morgan fingerprint density at radius 1 is 1.32 bits per heavy atom. The summed E-state index contributed by atoms with van der Waals surface area (Å²) in [5, 5.41) is 5.09. The number of hydrogen-bond acceptors (Lipinski definition) is 4. The first-order chi connectivity index (χ1) is 11.9. The van der Waals surface area contributed by atoms with E-state index < -0.39 is 12.1 Å². The second-order valence-corrected chi connectivity index (χ2v) is 5.25. The number of rotatable bonds is 6. The first kappa shape index (κ1) is 19.0. The van der Waals surface area contributed by atoms with Crippen LogP contribution in [0.15, 0.2) is 35.5 Å². The summed E-state index contributed by atoms with van der Waals surface area (Å²) in [5.74, 6) is -1.27. The van der Waals surface area contributed by atoms with Gasteiger partial charge < -0.3 is 9.47 Å². The Hall–Kier alpha value is -2.35. The molecule has 0 radical (unpaired) electrons. The number of allylic oxidation sites excluding steroid dienone is 1. The second kappa shape index (κ2) is 8.15. The standard InChI is InChI=1S/C17H20F3N3O2/c1-4-5-14(22-16(25-3)17(18,19)20)12-6-7-15-13(10-12)11-21-23(15)8-9-24-2/h5-7,10-11H,4,8-9H2,1-3H3/b14-5+,22-16-. The smallest absolute Gasteiger partial charge is 0.468 e. The van der Waals surface area contributed by atoms with Crippen molar-refractivity contribution in [2.45, 2.75) is 26.1 Å². The number of hydrogen-bond donors (Lipinski definition) is 0. The van der Waals surface area contributed by atoms with Crippen LogP contribution in [0.4, 0.5) is 13.2 Å². The van der Waals surface area contributed by atoms with E-state index in [1.165, 1.54) is 0 Å². The molecule has 0 amide bonds. The summed E-state index contributed by atoms with van der Waals surface area (Å²) in [6.07, 6.45) is -0.806. The van der Waals surface area contributed by atoms with Crippen LogP contribution >= 0.6 is 0 Å². The van der Waals surface area contributed by atoms with Crippen molar-refractivity contribution in [3.8, 4) is 0 Å². The average molecular weight is 355 g/mol.